The van der Waals surface area contributed by atoms with Gasteiger partial charge in [0.1, 0.15) is 0 Å². The average molecular weight is 754 g/mol. The van der Waals surface area contributed by atoms with Crippen LogP contribution in [0.15, 0.2) is 42.5 Å². The molecule has 3 rings (SSSR count). The summed E-state index contributed by atoms with van der Waals surface area (Å²) in [6.45, 7) is 2.00. The van der Waals surface area contributed by atoms with Gasteiger partial charge in [0.25, 0.3) is 5.91 Å². The molecule has 0 bridgehead atoms. The van der Waals surface area contributed by atoms with Gasteiger partial charge in [-0.25, -0.2) is 0 Å². The molecule has 0 spiro atoms. The van der Waals surface area contributed by atoms with E-state index < -0.39 is 49.2 Å². The first-order chi connectivity index (χ1) is 21.4. The number of aromatic nitrogens is 1. The van der Waals surface area contributed by atoms with Gasteiger partial charge in [0, 0.05) is 39.4 Å². The molecule has 0 aliphatic heterocycles. The number of hydrogen-bond donors (Lipinski definition) is 1. The first-order valence-corrected chi connectivity index (χ1v) is 14.7. The molecule has 1 aromatic heterocycles. The van der Waals surface area contributed by atoms with E-state index in [1.807, 2.05) is 6.92 Å². The van der Waals surface area contributed by atoms with Gasteiger partial charge in [-0.3, -0.25) is 19.0 Å². The smallest absolute Gasteiger partial charge is 0.787 e. The van der Waals surface area contributed by atoms with Gasteiger partial charge in [0.2, 0.25) is 5.91 Å². The number of fused-ring (bicyclic) bond motifs is 1. The Morgan fingerprint density at radius 2 is 1.54 bits per heavy atom. The van der Waals surface area contributed by atoms with Crippen LogP contribution in [0.25, 0.3) is 26.9 Å². The Hall–Kier alpha value is -3.91. The van der Waals surface area contributed by atoms with Crippen molar-refractivity contribution >= 4 is 70.6 Å². The van der Waals surface area contributed by atoms with Gasteiger partial charge >= 0.3 is 26.1 Å². The summed E-state index contributed by atoms with van der Waals surface area (Å²) < 4.78 is 1.42. The molecule has 1 N–H and O–H groups in total. The molecule has 0 fully saturated rings. The number of halogens is 1. The van der Waals surface area contributed by atoms with Gasteiger partial charge in [0.05, 0.1) is 18.5 Å². The van der Waals surface area contributed by atoms with Crippen LogP contribution in [0.3, 0.4) is 0 Å². The minimum Gasteiger partial charge on any atom is -0.787 e. The second-order valence-corrected chi connectivity index (χ2v) is 10.4. The van der Waals surface area contributed by atoms with Crippen molar-refractivity contribution in [2.24, 2.45) is 0 Å². The zero-order valence-electron chi connectivity index (χ0n) is 24.9. The number of nitrogens with zero attached hydrogens (tertiary/aromatic N) is 5. The van der Waals surface area contributed by atoms with Gasteiger partial charge < -0.3 is 52.9 Å². The molecule has 4 amide bonds. The molecule has 0 aliphatic rings. The van der Waals surface area contributed by atoms with E-state index in [2.05, 4.69) is 28.6 Å². The fraction of sp³-hybridized carbons (Fsp3) is 0.333. The van der Waals surface area contributed by atoms with E-state index in [0.717, 1.165) is 11.5 Å². The van der Waals surface area contributed by atoms with Crippen LogP contribution in [0, 0.1) is 6.92 Å². The quantitative estimate of drug-likeness (QED) is 0.177. The molecule has 16 heteroatoms. The molecule has 3 aromatic rings. The van der Waals surface area contributed by atoms with Gasteiger partial charge in [-0.15, -0.1) is 5.75 Å². The first kappa shape index (κ1) is 38.3. The number of carboxylic acid groups (broad SMARTS) is 1. The number of hydrogen-bond acceptors (Lipinski definition) is 8. The van der Waals surface area contributed by atoms with Crippen LogP contribution in [0.1, 0.15) is 41.4 Å². The summed E-state index contributed by atoms with van der Waals surface area (Å²) in [5, 5.41) is 22.1. The average Bonchev–Trinajstić information content (AvgIpc) is 3.28. The van der Waals surface area contributed by atoms with Gasteiger partial charge in [-0.2, -0.15) is 5.06 Å². The second-order valence-electron chi connectivity index (χ2n) is 9.68. The minimum atomic E-state index is -1.10. The van der Waals surface area contributed by atoms with Crippen LogP contribution >= 0.6 is 11.6 Å². The Labute approximate surface area is 289 Å². The normalized spacial score (nSPS) is 10.4. The zero-order chi connectivity index (χ0) is 33.1. The summed E-state index contributed by atoms with van der Waals surface area (Å²) in [7, 11) is 0. The van der Waals surface area contributed by atoms with Gasteiger partial charge in [0.15, 0.2) is 5.75 Å². The Bertz CT molecular complexity index is 1600. The van der Waals surface area contributed by atoms with Crippen molar-refractivity contribution in [3.63, 3.8) is 0 Å². The maximum Gasteiger partial charge on any atom is 4.00 e. The molecule has 243 valence electrons. The largest absolute Gasteiger partial charge is 4.00 e. The molecule has 0 saturated heterocycles. The summed E-state index contributed by atoms with van der Waals surface area (Å²) in [5.74, 6) is -4.47. The Balaban J connectivity index is 0.00000736. The third kappa shape index (κ3) is 10.6. The third-order valence-corrected chi connectivity index (χ3v) is 6.93. The summed E-state index contributed by atoms with van der Waals surface area (Å²) in [5.41, 5.74) is 1.63. The Morgan fingerprint density at radius 3 is 2.13 bits per heavy atom. The van der Waals surface area contributed by atoms with E-state index in [4.69, 9.17) is 16.4 Å². The van der Waals surface area contributed by atoms with Crippen LogP contribution in [-0.4, -0.2) is 82.2 Å². The standard InChI is InChI=1S/C30H34ClN5O8S.Tc/c1-3-4-11-35(28(40)16-34-26(38)14-32-25(37)15-33-27(39)17-45)44-21-9-10-24-23(12-21)22(13-29(41)42)18(2)36(24)30(43)19-5-7-20(31)8-6-19;/h5-10,12H,3-4,11,13-17H2,1-2H3,(H5,32,33,34,37,38,39,41,42,45);/q;+4/p-4. The number of carbonyl (C=O) groups is 6. The van der Waals surface area contributed by atoms with Crippen molar-refractivity contribution in [2.45, 2.75) is 33.1 Å². The molecule has 0 unspecified atom stereocenters. The van der Waals surface area contributed by atoms with Crippen LogP contribution in [0.2, 0.25) is 5.02 Å². The summed E-state index contributed by atoms with van der Waals surface area (Å²) in [6, 6.07) is 11.0. The third-order valence-electron chi connectivity index (χ3n) is 6.43. The van der Waals surface area contributed by atoms with E-state index in [1.165, 1.54) is 4.57 Å². The van der Waals surface area contributed by atoms with E-state index in [1.54, 1.807) is 49.4 Å². The maximum atomic E-state index is 13.4. The predicted octanol–water partition coefficient (Wildman–Crippen LogP) is 4.09. The number of rotatable bonds is 15. The van der Waals surface area contributed by atoms with E-state index in [0.29, 0.717) is 39.2 Å². The number of hydroxylamine groups is 2. The van der Waals surface area contributed by atoms with Gasteiger partial charge in [-0.05, 0) is 67.9 Å². The monoisotopic (exact) mass is 752 g/mol. The van der Waals surface area contributed by atoms with E-state index >= 15 is 0 Å². The molecular weight excluding hydrogens is 724 g/mol. The SMILES string of the molecule is CCCCN(Oc1ccc2c(c1)c(CC(=O)O)c(C)n2C(=O)c1ccc(Cl)cc1)C(=O)C[N-]C(=O)C[N-]C(=O)C[N-]C(=O)C[S-].[Tc+4]. The second kappa shape index (κ2) is 18.3. The molecule has 1 heterocycles. The molecular formula is C30H30ClN5O8STc. The number of carbonyl (C=O) groups excluding carboxylic acids is 5. The van der Waals surface area contributed by atoms with Gasteiger partial charge in [-0.1, -0.05) is 38.0 Å². The maximum absolute atomic E-state index is 13.4. The molecule has 46 heavy (non-hydrogen) atoms. The zero-order valence-corrected chi connectivity index (χ0v) is 28.3. The molecule has 0 aliphatic carbocycles. The fourth-order valence-corrected chi connectivity index (χ4v) is 4.44. The first-order valence-electron chi connectivity index (χ1n) is 13.8. The van der Waals surface area contributed by atoms with E-state index in [-0.39, 0.29) is 50.5 Å². The van der Waals surface area contributed by atoms with Crippen molar-refractivity contribution in [1.82, 2.24) is 9.63 Å². The van der Waals surface area contributed by atoms with Crippen molar-refractivity contribution in [3.8, 4) is 5.75 Å². The van der Waals surface area contributed by atoms with E-state index in [9.17, 15) is 33.9 Å². The number of aliphatic carboxylic acids is 1. The minimum absolute atomic E-state index is 0. The molecule has 0 atom stereocenters. The summed E-state index contributed by atoms with van der Waals surface area (Å²) in [4.78, 5) is 78.9. The number of amides is 4. The fourth-order valence-electron chi connectivity index (χ4n) is 4.22. The summed E-state index contributed by atoms with van der Waals surface area (Å²) >= 11 is 10.5. The Morgan fingerprint density at radius 1 is 0.935 bits per heavy atom. The van der Waals surface area contributed by atoms with Crippen molar-refractivity contribution in [2.75, 3.05) is 31.9 Å². The van der Waals surface area contributed by atoms with Crippen molar-refractivity contribution < 1.29 is 58.8 Å². The van der Waals surface area contributed by atoms with Crippen molar-refractivity contribution in [3.05, 3.63) is 80.3 Å². The number of benzene rings is 2. The molecule has 2 aromatic carbocycles. The van der Waals surface area contributed by atoms with Crippen molar-refractivity contribution in [1.29, 1.82) is 0 Å². The summed E-state index contributed by atoms with van der Waals surface area (Å²) in [6.07, 6.45) is 0.922. The van der Waals surface area contributed by atoms with Crippen LogP contribution in [-0.2, 0) is 63.1 Å². The molecule has 0 saturated carbocycles. The van der Waals surface area contributed by atoms with Crippen LogP contribution < -0.4 is 4.84 Å². The molecule has 13 nitrogen and oxygen atoms in total. The molecule has 1 radical (unpaired) electrons. The topological polar surface area (TPSA) is 182 Å². The van der Waals surface area contributed by atoms with Crippen LogP contribution in [0.4, 0.5) is 0 Å². The van der Waals surface area contributed by atoms with Crippen LogP contribution in [0.5, 0.6) is 5.75 Å². The predicted molar refractivity (Wildman–Crippen MR) is 168 cm³/mol. The number of unbranched alkanes of at least 4 members (excludes halogenated alkanes) is 1. The Kier molecular flexibility index (Phi) is 15.2. The number of carboxylic acids is 1.